The lowest BCUT2D eigenvalue weighted by atomic mass is 9.78. The van der Waals surface area contributed by atoms with Crippen LogP contribution in [0.2, 0.25) is 0 Å². The third kappa shape index (κ3) is 5.54. The van der Waals surface area contributed by atoms with Crippen molar-refractivity contribution < 1.29 is 18.0 Å². The predicted octanol–water partition coefficient (Wildman–Crippen LogP) is 6.95. The van der Waals surface area contributed by atoms with Gasteiger partial charge < -0.3 is 4.79 Å². The highest BCUT2D eigenvalue weighted by Crippen LogP contribution is 2.41. The largest absolute Gasteiger partial charge is 0.416 e. The van der Waals surface area contributed by atoms with Crippen LogP contribution in [0.25, 0.3) is 0 Å². The van der Waals surface area contributed by atoms with Gasteiger partial charge in [-0.05, 0) is 34.4 Å². The first-order chi connectivity index (χ1) is 18.9. The number of aldehydes is 1. The maximum absolute atomic E-state index is 13.6. The van der Waals surface area contributed by atoms with Gasteiger partial charge in [0.2, 0.25) is 0 Å². The van der Waals surface area contributed by atoms with Crippen LogP contribution >= 0.6 is 0 Å². The maximum atomic E-state index is 13.6. The fourth-order valence-corrected chi connectivity index (χ4v) is 5.94. The van der Waals surface area contributed by atoms with Gasteiger partial charge >= 0.3 is 6.18 Å². The molecule has 0 saturated carbocycles. The van der Waals surface area contributed by atoms with Crippen LogP contribution < -0.4 is 0 Å². The summed E-state index contributed by atoms with van der Waals surface area (Å²) in [7, 11) is 0. The summed E-state index contributed by atoms with van der Waals surface area (Å²) >= 11 is 0. The van der Waals surface area contributed by atoms with Crippen LogP contribution in [-0.2, 0) is 16.5 Å². The molecule has 1 fully saturated rings. The molecule has 0 bridgehead atoms. The van der Waals surface area contributed by atoms with E-state index < -0.39 is 17.3 Å². The number of hydrogen-bond acceptors (Lipinski definition) is 3. The van der Waals surface area contributed by atoms with E-state index in [0.29, 0.717) is 38.2 Å². The molecule has 1 heterocycles. The molecule has 1 saturated heterocycles. The highest BCUT2D eigenvalue weighted by molar-refractivity contribution is 5.57. The summed E-state index contributed by atoms with van der Waals surface area (Å²) < 4.78 is 40.8. The van der Waals surface area contributed by atoms with Gasteiger partial charge in [0, 0.05) is 32.6 Å². The van der Waals surface area contributed by atoms with Gasteiger partial charge in [-0.2, -0.15) is 13.2 Å². The third-order valence-electron chi connectivity index (χ3n) is 7.75. The molecule has 1 aliphatic rings. The minimum absolute atomic E-state index is 0.302. The van der Waals surface area contributed by atoms with Gasteiger partial charge in [0.05, 0.1) is 17.1 Å². The number of hydrogen-bond donors (Lipinski definition) is 0. The average molecular weight is 529 g/mol. The van der Waals surface area contributed by atoms with Gasteiger partial charge in [0.1, 0.15) is 6.29 Å². The molecule has 3 nitrogen and oxygen atoms in total. The summed E-state index contributed by atoms with van der Waals surface area (Å²) in [6.45, 7) is 2.58. The van der Waals surface area contributed by atoms with E-state index in [9.17, 15) is 18.0 Å². The highest BCUT2D eigenvalue weighted by Gasteiger charge is 2.42. The molecular formula is C33H31F3N2O. The molecule has 1 atom stereocenters. The molecule has 0 radical (unpaired) electrons. The molecule has 0 amide bonds. The lowest BCUT2D eigenvalue weighted by Gasteiger charge is -2.49. The molecular weight excluding hydrogens is 497 g/mol. The van der Waals surface area contributed by atoms with Crippen LogP contribution in [0.4, 0.5) is 13.2 Å². The van der Waals surface area contributed by atoms with E-state index in [-0.39, 0.29) is 6.04 Å². The van der Waals surface area contributed by atoms with Crippen molar-refractivity contribution >= 4 is 6.29 Å². The van der Waals surface area contributed by atoms with Crippen LogP contribution in [-0.4, -0.2) is 42.3 Å². The first kappa shape index (κ1) is 26.9. The number of carbonyl (C=O) groups is 1. The van der Waals surface area contributed by atoms with E-state index in [0.717, 1.165) is 29.0 Å². The zero-order valence-electron chi connectivity index (χ0n) is 21.6. The smallest absolute Gasteiger partial charge is 0.303 e. The lowest BCUT2D eigenvalue weighted by molar-refractivity contribution is -0.137. The Labute approximate surface area is 227 Å². The number of carbonyl (C=O) groups excluding carboxylic acids is 1. The van der Waals surface area contributed by atoms with Gasteiger partial charge in [0.25, 0.3) is 0 Å². The van der Waals surface area contributed by atoms with Gasteiger partial charge in [-0.25, -0.2) is 0 Å². The molecule has 39 heavy (non-hydrogen) atoms. The summed E-state index contributed by atoms with van der Waals surface area (Å²) in [5.41, 5.74) is 2.40. The Balaban J connectivity index is 1.50. The highest BCUT2D eigenvalue weighted by atomic mass is 19.4. The van der Waals surface area contributed by atoms with Crippen molar-refractivity contribution in [2.75, 3.05) is 26.2 Å². The Hall–Kier alpha value is -3.74. The number of rotatable bonds is 8. The van der Waals surface area contributed by atoms with Crippen molar-refractivity contribution in [3.63, 3.8) is 0 Å². The van der Waals surface area contributed by atoms with E-state index in [4.69, 9.17) is 0 Å². The Morgan fingerprint density at radius 3 is 1.64 bits per heavy atom. The van der Waals surface area contributed by atoms with Crippen LogP contribution in [0.5, 0.6) is 0 Å². The quantitative estimate of drug-likeness (QED) is 0.231. The number of alkyl halides is 3. The zero-order chi connectivity index (χ0) is 27.3. The fraction of sp³-hybridized carbons (Fsp3) is 0.242. The second-order valence-electron chi connectivity index (χ2n) is 9.92. The van der Waals surface area contributed by atoms with Crippen LogP contribution in [0.3, 0.4) is 0 Å². The third-order valence-corrected chi connectivity index (χ3v) is 7.75. The first-order valence-corrected chi connectivity index (χ1v) is 13.2. The van der Waals surface area contributed by atoms with Crippen LogP contribution in [0.1, 0.15) is 40.3 Å². The molecule has 4 aromatic carbocycles. The predicted molar refractivity (Wildman–Crippen MR) is 147 cm³/mol. The molecule has 0 aromatic heterocycles. The van der Waals surface area contributed by atoms with Crippen molar-refractivity contribution in [3.05, 3.63) is 143 Å². The Morgan fingerprint density at radius 2 is 1.13 bits per heavy atom. The van der Waals surface area contributed by atoms with Gasteiger partial charge in [-0.15, -0.1) is 0 Å². The van der Waals surface area contributed by atoms with E-state index in [1.165, 1.54) is 12.1 Å². The standard InChI is InChI=1S/C33H31F3N2O/c34-33(35,36)30-18-10-13-27(25-30)31(26-11-4-1-5-12-26)37-20-22-38(23-21-37)32(19-24-39,28-14-6-2-7-15-28)29-16-8-3-9-17-29/h1-18,24-25,31H,19-23H2. The Kier molecular flexibility index (Phi) is 7.96. The zero-order valence-corrected chi connectivity index (χ0v) is 21.6. The molecule has 0 N–H and O–H groups in total. The van der Waals surface area contributed by atoms with E-state index in [1.54, 1.807) is 6.07 Å². The van der Waals surface area contributed by atoms with Crippen molar-refractivity contribution in [1.82, 2.24) is 9.80 Å². The molecule has 4 aromatic rings. The molecule has 5 rings (SSSR count). The van der Waals surface area contributed by atoms with Crippen molar-refractivity contribution in [1.29, 1.82) is 0 Å². The maximum Gasteiger partial charge on any atom is 0.416 e. The Morgan fingerprint density at radius 1 is 0.641 bits per heavy atom. The molecule has 200 valence electrons. The second-order valence-corrected chi connectivity index (χ2v) is 9.92. The van der Waals surface area contributed by atoms with E-state index >= 15 is 0 Å². The SMILES string of the molecule is O=CCC(c1ccccc1)(c1ccccc1)N1CCN(C(c2ccccc2)c2cccc(C(F)(F)F)c2)CC1. The average Bonchev–Trinajstić information content (AvgIpc) is 2.98. The fourth-order valence-electron chi connectivity index (χ4n) is 5.94. The monoisotopic (exact) mass is 528 g/mol. The molecule has 1 aliphatic heterocycles. The Bertz CT molecular complexity index is 1310. The van der Waals surface area contributed by atoms with Crippen molar-refractivity contribution in [3.8, 4) is 0 Å². The van der Waals surface area contributed by atoms with E-state index in [2.05, 4.69) is 34.1 Å². The minimum atomic E-state index is -4.41. The molecule has 1 unspecified atom stereocenters. The number of nitrogens with zero attached hydrogens (tertiary/aromatic N) is 2. The van der Waals surface area contributed by atoms with Crippen molar-refractivity contribution in [2.24, 2.45) is 0 Å². The summed E-state index contributed by atoms with van der Waals surface area (Å²) in [5.74, 6) is 0. The minimum Gasteiger partial charge on any atom is -0.303 e. The van der Waals surface area contributed by atoms with E-state index in [1.807, 2.05) is 66.7 Å². The summed E-state index contributed by atoms with van der Waals surface area (Å²) in [5, 5.41) is 0. The first-order valence-electron chi connectivity index (χ1n) is 13.2. The van der Waals surface area contributed by atoms with Gasteiger partial charge in [-0.3, -0.25) is 9.80 Å². The molecule has 6 heteroatoms. The van der Waals surface area contributed by atoms with Gasteiger partial charge in [0.15, 0.2) is 0 Å². The summed E-state index contributed by atoms with van der Waals surface area (Å²) in [6.07, 6.45) is -3.12. The summed E-state index contributed by atoms with van der Waals surface area (Å²) in [6, 6.07) is 35.2. The molecule has 0 spiro atoms. The summed E-state index contributed by atoms with van der Waals surface area (Å²) in [4.78, 5) is 16.7. The number of halogens is 3. The number of piperazine rings is 1. The number of benzene rings is 4. The lowest BCUT2D eigenvalue weighted by Crippen LogP contribution is -2.56. The topological polar surface area (TPSA) is 23.6 Å². The van der Waals surface area contributed by atoms with Gasteiger partial charge in [-0.1, -0.05) is 103 Å². The van der Waals surface area contributed by atoms with Crippen molar-refractivity contribution in [2.45, 2.75) is 24.2 Å². The molecule has 0 aliphatic carbocycles. The van der Waals surface area contributed by atoms with Crippen LogP contribution in [0, 0.1) is 0 Å². The second kappa shape index (κ2) is 11.6. The normalized spacial score (nSPS) is 16.1. The van der Waals surface area contributed by atoms with Crippen LogP contribution in [0.15, 0.2) is 115 Å².